The first-order valence-corrected chi connectivity index (χ1v) is 8.18. The number of nitrogens with one attached hydrogen (secondary N) is 1. The molecule has 1 aliphatic heterocycles. The molecule has 1 aromatic heterocycles. The number of aromatic nitrogens is 1. The highest BCUT2D eigenvalue weighted by atomic mass is 32.1. The summed E-state index contributed by atoms with van der Waals surface area (Å²) in [6.07, 6.45) is 6.85. The third-order valence-corrected chi connectivity index (χ3v) is 4.86. The summed E-state index contributed by atoms with van der Waals surface area (Å²) >= 11 is 1.70. The van der Waals surface area contributed by atoms with E-state index in [2.05, 4.69) is 20.2 Å². The van der Waals surface area contributed by atoms with E-state index >= 15 is 0 Å². The lowest BCUT2D eigenvalue weighted by Crippen LogP contribution is -2.54. The Labute approximate surface area is 123 Å². The van der Waals surface area contributed by atoms with Crippen molar-refractivity contribution >= 4 is 22.4 Å². The molecule has 0 unspecified atom stereocenters. The van der Waals surface area contributed by atoms with Crippen LogP contribution in [0.1, 0.15) is 25.7 Å². The van der Waals surface area contributed by atoms with Gasteiger partial charge in [0.05, 0.1) is 6.04 Å². The third kappa shape index (κ3) is 3.04. The summed E-state index contributed by atoms with van der Waals surface area (Å²) in [7, 11) is 0. The second-order valence-corrected chi connectivity index (χ2v) is 6.20. The average Bonchev–Trinajstić information content (AvgIpc) is 3.18. The van der Waals surface area contributed by atoms with Crippen LogP contribution in [-0.4, -0.2) is 48.1 Å². The Morgan fingerprint density at radius 1 is 1.30 bits per heavy atom. The van der Waals surface area contributed by atoms with Crippen LogP contribution < -0.4 is 16.2 Å². The number of piperazine rings is 1. The maximum atomic E-state index is 5.66. The molecule has 20 heavy (non-hydrogen) atoms. The summed E-state index contributed by atoms with van der Waals surface area (Å²) in [6.45, 7) is 3.82. The second-order valence-electron chi connectivity index (χ2n) is 5.32. The molecule has 110 valence electrons. The van der Waals surface area contributed by atoms with Crippen LogP contribution in [0.4, 0.5) is 5.13 Å². The van der Waals surface area contributed by atoms with Crippen LogP contribution in [0.5, 0.6) is 0 Å². The van der Waals surface area contributed by atoms with Gasteiger partial charge in [-0.15, -0.1) is 11.3 Å². The van der Waals surface area contributed by atoms with Crippen molar-refractivity contribution in [3.05, 3.63) is 11.6 Å². The van der Waals surface area contributed by atoms with Crippen molar-refractivity contribution in [2.75, 3.05) is 31.1 Å². The molecule has 1 aliphatic carbocycles. The van der Waals surface area contributed by atoms with Gasteiger partial charge in [-0.25, -0.2) is 15.8 Å². The highest BCUT2D eigenvalue weighted by Crippen LogP contribution is 2.22. The van der Waals surface area contributed by atoms with Gasteiger partial charge >= 0.3 is 0 Å². The van der Waals surface area contributed by atoms with Gasteiger partial charge < -0.3 is 9.80 Å². The van der Waals surface area contributed by atoms with Gasteiger partial charge in [0.2, 0.25) is 5.96 Å². The lowest BCUT2D eigenvalue weighted by Gasteiger charge is -2.36. The monoisotopic (exact) mass is 294 g/mol. The zero-order chi connectivity index (χ0) is 13.8. The van der Waals surface area contributed by atoms with Crippen LogP contribution in [0, 0.1) is 0 Å². The van der Waals surface area contributed by atoms with Crippen LogP contribution in [0.2, 0.25) is 0 Å². The van der Waals surface area contributed by atoms with Crippen molar-refractivity contribution in [2.45, 2.75) is 31.7 Å². The first-order valence-electron chi connectivity index (χ1n) is 7.30. The minimum absolute atomic E-state index is 0.457. The molecule has 1 saturated carbocycles. The molecule has 2 heterocycles. The predicted octanol–water partition coefficient (Wildman–Crippen LogP) is 1.03. The summed E-state index contributed by atoms with van der Waals surface area (Å²) in [4.78, 5) is 13.7. The molecule has 2 fully saturated rings. The van der Waals surface area contributed by atoms with E-state index in [1.54, 1.807) is 11.3 Å². The van der Waals surface area contributed by atoms with E-state index < -0.39 is 0 Å². The molecule has 7 heteroatoms. The molecule has 0 aromatic carbocycles. The van der Waals surface area contributed by atoms with Gasteiger partial charge in [0.1, 0.15) is 0 Å². The van der Waals surface area contributed by atoms with Crippen LogP contribution in [0.25, 0.3) is 0 Å². The highest BCUT2D eigenvalue weighted by Gasteiger charge is 2.22. The molecule has 0 spiro atoms. The number of hydrogen-bond acceptors (Lipinski definition) is 5. The molecular formula is C13H22N6S. The fourth-order valence-electron chi connectivity index (χ4n) is 2.90. The van der Waals surface area contributed by atoms with E-state index in [4.69, 9.17) is 10.8 Å². The minimum Gasteiger partial charge on any atom is -0.345 e. The van der Waals surface area contributed by atoms with Gasteiger partial charge in [-0.1, -0.05) is 12.8 Å². The summed E-state index contributed by atoms with van der Waals surface area (Å²) in [6, 6.07) is 0.457. The molecule has 3 rings (SSSR count). The van der Waals surface area contributed by atoms with Crippen molar-refractivity contribution in [3.63, 3.8) is 0 Å². The largest absolute Gasteiger partial charge is 0.345 e. The third-order valence-electron chi connectivity index (χ3n) is 4.03. The van der Waals surface area contributed by atoms with Gasteiger partial charge in [0, 0.05) is 37.8 Å². The molecule has 1 saturated heterocycles. The SMILES string of the molecule is NNC(=NC1CCCC1)N1CCN(c2nccs2)CC1. The van der Waals surface area contributed by atoms with Gasteiger partial charge in [-0.05, 0) is 12.8 Å². The number of rotatable bonds is 2. The van der Waals surface area contributed by atoms with Gasteiger partial charge in [0.25, 0.3) is 0 Å². The molecular weight excluding hydrogens is 272 g/mol. The predicted molar refractivity (Wildman–Crippen MR) is 82.9 cm³/mol. The average molecular weight is 294 g/mol. The van der Waals surface area contributed by atoms with Crippen molar-refractivity contribution in [1.29, 1.82) is 0 Å². The Bertz CT molecular complexity index is 432. The van der Waals surface area contributed by atoms with Crippen molar-refractivity contribution in [1.82, 2.24) is 15.3 Å². The number of nitrogens with zero attached hydrogens (tertiary/aromatic N) is 4. The Morgan fingerprint density at radius 3 is 2.65 bits per heavy atom. The molecule has 1 aromatic rings. The number of thiazole rings is 1. The number of guanidine groups is 1. The maximum Gasteiger partial charge on any atom is 0.208 e. The van der Waals surface area contributed by atoms with Crippen LogP contribution >= 0.6 is 11.3 Å². The molecule has 3 N–H and O–H groups in total. The summed E-state index contributed by atoms with van der Waals surface area (Å²) in [5.41, 5.74) is 2.79. The normalized spacial score (nSPS) is 21.6. The Balaban J connectivity index is 1.58. The number of hydrazine groups is 1. The van der Waals surface area contributed by atoms with E-state index in [1.165, 1.54) is 25.7 Å². The lowest BCUT2D eigenvalue weighted by molar-refractivity contribution is 0.370. The van der Waals surface area contributed by atoms with E-state index in [0.29, 0.717) is 6.04 Å². The first-order chi connectivity index (χ1) is 9.86. The zero-order valence-corrected chi connectivity index (χ0v) is 12.5. The maximum absolute atomic E-state index is 5.66. The van der Waals surface area contributed by atoms with Crippen molar-refractivity contribution in [3.8, 4) is 0 Å². The number of aliphatic imine (C=N–C) groups is 1. The Kier molecular flexibility index (Phi) is 4.37. The standard InChI is InChI=1S/C13H22N6S/c14-17-12(16-11-3-1-2-4-11)18-6-8-19(9-7-18)13-15-5-10-20-13/h5,10-11H,1-4,6-9,14H2,(H,16,17). The van der Waals surface area contributed by atoms with Crippen molar-refractivity contribution in [2.24, 2.45) is 10.8 Å². The topological polar surface area (TPSA) is 69.8 Å². The smallest absolute Gasteiger partial charge is 0.208 e. The molecule has 6 nitrogen and oxygen atoms in total. The highest BCUT2D eigenvalue weighted by molar-refractivity contribution is 7.13. The fourth-order valence-corrected chi connectivity index (χ4v) is 3.59. The van der Waals surface area contributed by atoms with Gasteiger partial charge in [0.15, 0.2) is 5.13 Å². The van der Waals surface area contributed by atoms with E-state index in [1.807, 2.05) is 11.6 Å². The number of anilines is 1. The Morgan fingerprint density at radius 2 is 2.05 bits per heavy atom. The molecule has 0 bridgehead atoms. The van der Waals surface area contributed by atoms with Crippen molar-refractivity contribution < 1.29 is 0 Å². The fraction of sp³-hybridized carbons (Fsp3) is 0.692. The van der Waals surface area contributed by atoms with Crippen LogP contribution in [0.3, 0.4) is 0 Å². The summed E-state index contributed by atoms with van der Waals surface area (Å²) in [5.74, 6) is 6.52. The Hall–Kier alpha value is -1.34. The van der Waals surface area contributed by atoms with E-state index in [9.17, 15) is 0 Å². The van der Waals surface area contributed by atoms with E-state index in [-0.39, 0.29) is 0 Å². The van der Waals surface area contributed by atoms with Gasteiger partial charge in [-0.3, -0.25) is 5.43 Å². The summed E-state index contributed by atoms with van der Waals surface area (Å²) in [5, 5.41) is 3.13. The second kappa shape index (κ2) is 6.41. The minimum atomic E-state index is 0.457. The van der Waals surface area contributed by atoms with Crippen LogP contribution in [-0.2, 0) is 0 Å². The molecule has 0 atom stereocenters. The summed E-state index contributed by atoms with van der Waals surface area (Å²) < 4.78 is 0. The lowest BCUT2D eigenvalue weighted by atomic mass is 10.3. The zero-order valence-electron chi connectivity index (χ0n) is 11.7. The van der Waals surface area contributed by atoms with E-state index in [0.717, 1.165) is 37.3 Å². The molecule has 0 amide bonds. The van der Waals surface area contributed by atoms with Gasteiger partial charge in [-0.2, -0.15) is 0 Å². The van der Waals surface area contributed by atoms with Crippen LogP contribution in [0.15, 0.2) is 16.6 Å². The quantitative estimate of drug-likeness (QED) is 0.369. The molecule has 2 aliphatic rings. The number of nitrogens with two attached hydrogens (primary N) is 1. The molecule has 0 radical (unpaired) electrons. The number of hydrogen-bond donors (Lipinski definition) is 2. The first kappa shape index (κ1) is 13.6.